The van der Waals surface area contributed by atoms with Gasteiger partial charge >= 0.3 is 19.5 Å². The maximum Gasteiger partial charge on any atom is 2.00 e. The normalized spacial score (nSPS) is 11.5. The minimum absolute atomic E-state index is 0. The molecule has 0 N–H and O–H groups in total. The first kappa shape index (κ1) is 30.9. The predicted molar refractivity (Wildman–Crippen MR) is 198 cm³/mol. The van der Waals surface area contributed by atoms with Crippen molar-refractivity contribution in [3.63, 3.8) is 0 Å². The third kappa shape index (κ3) is 5.10. The van der Waals surface area contributed by atoms with Gasteiger partial charge in [0.05, 0.1) is 23.3 Å². The van der Waals surface area contributed by atoms with Gasteiger partial charge in [-0.3, -0.25) is 0 Å². The summed E-state index contributed by atoms with van der Waals surface area (Å²) in [5, 5.41) is 5.61. The number of nitrogens with zero attached hydrogens (tertiary/aromatic N) is 8. The fourth-order valence-electron chi connectivity index (χ4n) is 6.81. The van der Waals surface area contributed by atoms with Crippen LogP contribution in [0.25, 0.3) is 100 Å². The molecule has 8 aromatic rings. The van der Waals surface area contributed by atoms with Gasteiger partial charge in [-0.1, -0.05) is 110 Å². The van der Waals surface area contributed by atoms with Gasteiger partial charge in [0.1, 0.15) is 0 Å². The van der Waals surface area contributed by atoms with E-state index in [0.29, 0.717) is 45.9 Å². The Morgan fingerprint density at radius 2 is 0.961 bits per heavy atom. The van der Waals surface area contributed by atoms with Gasteiger partial charge in [0.15, 0.2) is 0 Å². The molecule has 2 aliphatic heterocycles. The number of aromatic nitrogens is 8. The summed E-state index contributed by atoms with van der Waals surface area (Å²) in [5.74, 6) is 8.92. The van der Waals surface area contributed by atoms with Gasteiger partial charge in [-0.05, 0) is 56.9 Å². The van der Waals surface area contributed by atoms with E-state index < -0.39 is 0 Å². The van der Waals surface area contributed by atoms with Crippen LogP contribution in [0.15, 0.2) is 103 Å². The van der Waals surface area contributed by atoms with Crippen molar-refractivity contribution in [2.75, 3.05) is 0 Å². The van der Waals surface area contributed by atoms with E-state index >= 15 is 0 Å². The van der Waals surface area contributed by atoms with Crippen molar-refractivity contribution in [3.05, 3.63) is 109 Å². The van der Waals surface area contributed by atoms with Crippen LogP contribution in [0.5, 0.6) is 0 Å². The summed E-state index contributed by atoms with van der Waals surface area (Å²) in [6.45, 7) is 2.18. The van der Waals surface area contributed by atoms with Crippen molar-refractivity contribution in [3.8, 4) is 57.4 Å². The van der Waals surface area contributed by atoms with Crippen molar-refractivity contribution in [2.24, 2.45) is 0 Å². The van der Waals surface area contributed by atoms with Gasteiger partial charge in [0.2, 0.25) is 0 Å². The molecular formula is C42H26N8Zn. The van der Waals surface area contributed by atoms with Crippen molar-refractivity contribution in [2.45, 2.75) is 26.2 Å². The molecule has 8 nitrogen and oxygen atoms in total. The number of rotatable bonds is 2. The van der Waals surface area contributed by atoms with E-state index in [-0.39, 0.29) is 19.5 Å². The molecule has 5 heterocycles. The topological polar surface area (TPSA) is 106 Å². The Balaban J connectivity index is 0.00000348. The second-order valence-corrected chi connectivity index (χ2v) is 12.4. The van der Waals surface area contributed by atoms with E-state index in [0.717, 1.165) is 79.4 Å². The largest absolute Gasteiger partial charge is 2.00 e. The molecule has 9 heteroatoms. The summed E-state index contributed by atoms with van der Waals surface area (Å²) < 4.78 is 0. The Labute approximate surface area is 305 Å². The Kier molecular flexibility index (Phi) is 7.49. The second-order valence-electron chi connectivity index (χ2n) is 12.4. The quantitative estimate of drug-likeness (QED) is 0.0997. The first-order valence-corrected chi connectivity index (χ1v) is 16.8. The van der Waals surface area contributed by atoms with E-state index in [4.69, 9.17) is 39.9 Å². The Morgan fingerprint density at radius 3 is 1.47 bits per heavy atom. The van der Waals surface area contributed by atoms with Crippen LogP contribution < -0.4 is 9.97 Å². The molecule has 10 rings (SSSR count). The third-order valence-electron chi connectivity index (χ3n) is 9.30. The minimum atomic E-state index is 0. The summed E-state index contributed by atoms with van der Waals surface area (Å²) in [5.41, 5.74) is 6.63. The van der Waals surface area contributed by atoms with Gasteiger partial charge in [0, 0.05) is 56.8 Å². The summed E-state index contributed by atoms with van der Waals surface area (Å²) >= 11 is 0. The maximum atomic E-state index is 5.14. The van der Waals surface area contributed by atoms with Crippen LogP contribution in [0.1, 0.15) is 31.7 Å². The predicted octanol–water partition coefficient (Wildman–Crippen LogP) is 8.82. The van der Waals surface area contributed by atoms with E-state index in [9.17, 15) is 0 Å². The molecule has 0 fully saturated rings. The zero-order valence-corrected chi connectivity index (χ0v) is 30.7. The summed E-state index contributed by atoms with van der Waals surface area (Å²) in [7, 11) is 0. The van der Waals surface area contributed by atoms with E-state index in [1.807, 2.05) is 72.8 Å². The molecule has 0 atom stereocenters. The van der Waals surface area contributed by atoms with Crippen LogP contribution in [0, 0.1) is 11.8 Å². The van der Waals surface area contributed by atoms with Gasteiger partial charge in [-0.15, -0.1) is 0 Å². The van der Waals surface area contributed by atoms with Crippen LogP contribution in [0.2, 0.25) is 0 Å². The molecule has 236 valence electrons. The number of hydrogen-bond donors (Lipinski definition) is 0. The number of fused-ring (bicyclic) bond motifs is 21. The van der Waals surface area contributed by atoms with Crippen LogP contribution in [0.4, 0.5) is 0 Å². The number of hydrogen-bond acceptors (Lipinski definition) is 6. The summed E-state index contributed by atoms with van der Waals surface area (Å²) in [6.07, 6.45) is 3.06. The van der Waals surface area contributed by atoms with Crippen molar-refractivity contribution >= 4 is 54.9 Å². The first-order valence-electron chi connectivity index (χ1n) is 16.8. The average Bonchev–Trinajstić information content (AvgIpc) is 3.88. The molecule has 51 heavy (non-hydrogen) atoms. The van der Waals surface area contributed by atoms with Crippen LogP contribution in [-0.4, -0.2) is 29.9 Å². The van der Waals surface area contributed by atoms with E-state index in [1.165, 1.54) is 0 Å². The zero-order valence-electron chi connectivity index (χ0n) is 27.7. The van der Waals surface area contributed by atoms with Crippen molar-refractivity contribution in [1.82, 2.24) is 39.9 Å². The number of unbranched alkanes of at least 4 members (excludes halogenated alkanes) is 2. The Morgan fingerprint density at radius 1 is 0.490 bits per heavy atom. The molecular weight excluding hydrogens is 682 g/mol. The second kappa shape index (κ2) is 12.3. The molecule has 5 aromatic carbocycles. The van der Waals surface area contributed by atoms with Gasteiger partial charge < -0.3 is 29.9 Å². The van der Waals surface area contributed by atoms with Gasteiger partial charge in [-0.25, -0.2) is 9.97 Å². The molecule has 2 aliphatic rings. The monoisotopic (exact) mass is 706 g/mol. The molecule has 3 aromatic heterocycles. The Hall–Kier alpha value is -6.10. The molecule has 0 unspecified atom stereocenters. The Bertz CT molecular complexity index is 2950. The molecule has 0 amide bonds. The molecule has 0 saturated heterocycles. The van der Waals surface area contributed by atoms with Crippen molar-refractivity contribution < 1.29 is 19.5 Å². The number of benzene rings is 5. The standard InChI is InChI=1S/C42H26N8.Zn/c1-2-3-4-5-13-24-14-12-15-25-22-33-34(23-32(24)25)42-49-40-31-21-11-9-19-29(31)38(47-40)45-36-27-17-7-6-16-26(27)35(43-36)44-37-28-18-8-10-20-30(28)39(46-37)48-41(33)50-42;/h6-12,14-23H,2-4H2,1H3;/q-2;+2. The molecule has 0 aliphatic carbocycles. The first-order chi connectivity index (χ1) is 24.7. The molecule has 0 spiro atoms. The average molecular weight is 708 g/mol. The van der Waals surface area contributed by atoms with Crippen LogP contribution in [-0.2, 0) is 19.5 Å². The van der Waals surface area contributed by atoms with Crippen LogP contribution in [0.3, 0.4) is 0 Å². The third-order valence-corrected chi connectivity index (χ3v) is 9.30. The fourth-order valence-corrected chi connectivity index (χ4v) is 6.81. The van der Waals surface area contributed by atoms with Crippen molar-refractivity contribution in [1.29, 1.82) is 0 Å². The van der Waals surface area contributed by atoms with Gasteiger partial charge in [0.25, 0.3) is 0 Å². The van der Waals surface area contributed by atoms with Gasteiger partial charge in [-0.2, -0.15) is 0 Å². The SMILES string of the molecule is CCCCC#Cc1cccc2cc3c4nc5nc(nc6[n-]c(nc7nc(nc([n-]4)c3cc12)-c1ccccc1-7)c1ccccc61)-c1ccccc1-5.[Zn+2]. The van der Waals surface area contributed by atoms with Crippen LogP contribution >= 0.6 is 0 Å². The molecule has 0 saturated carbocycles. The fraction of sp³-hybridized carbons (Fsp3) is 0.0952. The molecule has 0 radical (unpaired) electrons. The van der Waals surface area contributed by atoms with E-state index in [2.05, 4.69) is 49.1 Å². The maximum absolute atomic E-state index is 5.14. The summed E-state index contributed by atoms with van der Waals surface area (Å²) in [4.78, 5) is 40.3. The van der Waals surface area contributed by atoms with E-state index in [1.54, 1.807) is 0 Å². The minimum Gasteiger partial charge on any atom is -0.357 e. The summed E-state index contributed by atoms with van der Waals surface area (Å²) in [6, 6.07) is 34.5. The zero-order chi connectivity index (χ0) is 33.2. The smallest absolute Gasteiger partial charge is 0.357 e. The molecule has 8 bridgehead atoms.